The second-order valence-electron chi connectivity index (χ2n) is 4.76. The molecule has 0 aromatic carbocycles. The summed E-state index contributed by atoms with van der Waals surface area (Å²) >= 11 is 0. The Bertz CT molecular complexity index is 565. The molecule has 5 heteroatoms. The summed E-state index contributed by atoms with van der Waals surface area (Å²) in [7, 11) is 0. The first-order valence-electron chi connectivity index (χ1n) is 6.97. The standard InChI is InChI=1S/C14H23N5/c1-5-12-14(15)13(6-2)19(17-12)9-11-8-10(4)16-18(11)7-3/h8H,5-7,9,15H2,1-4H3. The maximum absolute atomic E-state index is 6.15. The van der Waals surface area contributed by atoms with Gasteiger partial charge in [-0.2, -0.15) is 10.2 Å². The zero-order chi connectivity index (χ0) is 14.0. The van der Waals surface area contributed by atoms with Gasteiger partial charge in [0.25, 0.3) is 0 Å². The van der Waals surface area contributed by atoms with Gasteiger partial charge in [-0.15, -0.1) is 0 Å². The molecule has 19 heavy (non-hydrogen) atoms. The van der Waals surface area contributed by atoms with Crippen molar-refractivity contribution in [3.05, 3.63) is 28.8 Å². The molecule has 5 nitrogen and oxygen atoms in total. The van der Waals surface area contributed by atoms with Gasteiger partial charge in [-0.1, -0.05) is 13.8 Å². The number of nitrogens with two attached hydrogens (primary N) is 1. The van der Waals surface area contributed by atoms with Crippen molar-refractivity contribution in [1.29, 1.82) is 0 Å². The van der Waals surface area contributed by atoms with Gasteiger partial charge < -0.3 is 5.73 Å². The smallest absolute Gasteiger partial charge is 0.0854 e. The van der Waals surface area contributed by atoms with Crippen LogP contribution in [0.4, 0.5) is 5.69 Å². The average molecular weight is 261 g/mol. The predicted molar refractivity (Wildman–Crippen MR) is 77.1 cm³/mol. The molecule has 0 spiro atoms. The minimum absolute atomic E-state index is 0.738. The van der Waals surface area contributed by atoms with Crippen molar-refractivity contribution in [3.8, 4) is 0 Å². The van der Waals surface area contributed by atoms with Crippen LogP contribution in [0.3, 0.4) is 0 Å². The summed E-state index contributed by atoms with van der Waals surface area (Å²) in [4.78, 5) is 0. The number of hydrogen-bond donors (Lipinski definition) is 1. The molecule has 0 saturated heterocycles. The highest BCUT2D eigenvalue weighted by Crippen LogP contribution is 2.19. The first kappa shape index (κ1) is 13.6. The summed E-state index contributed by atoms with van der Waals surface area (Å²) in [5.74, 6) is 0. The number of rotatable bonds is 5. The van der Waals surface area contributed by atoms with Crippen LogP contribution in [-0.2, 0) is 25.9 Å². The van der Waals surface area contributed by atoms with E-state index in [1.54, 1.807) is 0 Å². The van der Waals surface area contributed by atoms with E-state index in [0.29, 0.717) is 0 Å². The molecular formula is C14H23N5. The van der Waals surface area contributed by atoms with Crippen molar-refractivity contribution in [2.24, 2.45) is 0 Å². The summed E-state index contributed by atoms with van der Waals surface area (Å²) in [5.41, 5.74) is 11.3. The van der Waals surface area contributed by atoms with Crippen LogP contribution < -0.4 is 5.73 Å². The monoisotopic (exact) mass is 261 g/mol. The van der Waals surface area contributed by atoms with E-state index in [2.05, 4.69) is 37.0 Å². The number of hydrogen-bond acceptors (Lipinski definition) is 3. The lowest BCUT2D eigenvalue weighted by atomic mass is 10.2. The molecule has 0 atom stereocenters. The third kappa shape index (κ3) is 2.50. The van der Waals surface area contributed by atoms with E-state index in [0.717, 1.165) is 48.7 Å². The Hall–Kier alpha value is -1.78. The fraction of sp³-hybridized carbons (Fsp3) is 0.571. The van der Waals surface area contributed by atoms with E-state index in [-0.39, 0.29) is 0 Å². The van der Waals surface area contributed by atoms with Crippen LogP contribution >= 0.6 is 0 Å². The Morgan fingerprint density at radius 1 is 1.11 bits per heavy atom. The van der Waals surface area contributed by atoms with Crippen LogP contribution in [0.1, 0.15) is 43.5 Å². The molecule has 0 amide bonds. The van der Waals surface area contributed by atoms with E-state index < -0.39 is 0 Å². The fourth-order valence-corrected chi connectivity index (χ4v) is 2.48. The minimum Gasteiger partial charge on any atom is -0.396 e. The van der Waals surface area contributed by atoms with Crippen molar-refractivity contribution in [2.75, 3.05) is 5.73 Å². The van der Waals surface area contributed by atoms with Crippen LogP contribution in [0, 0.1) is 6.92 Å². The van der Waals surface area contributed by atoms with Crippen molar-refractivity contribution in [2.45, 2.75) is 53.6 Å². The van der Waals surface area contributed by atoms with Gasteiger partial charge in [0.05, 0.1) is 35.0 Å². The highest BCUT2D eigenvalue weighted by molar-refractivity contribution is 5.48. The molecule has 104 valence electrons. The van der Waals surface area contributed by atoms with Gasteiger partial charge in [-0.3, -0.25) is 9.36 Å². The summed E-state index contributed by atoms with van der Waals surface area (Å²) in [6.07, 6.45) is 1.77. The van der Waals surface area contributed by atoms with E-state index in [1.807, 2.05) is 16.3 Å². The molecule has 0 unspecified atom stereocenters. The van der Waals surface area contributed by atoms with E-state index in [9.17, 15) is 0 Å². The lowest BCUT2D eigenvalue weighted by molar-refractivity contribution is 0.561. The van der Waals surface area contributed by atoms with Gasteiger partial charge in [0.15, 0.2) is 0 Å². The number of aromatic nitrogens is 4. The third-order valence-electron chi connectivity index (χ3n) is 3.44. The summed E-state index contributed by atoms with van der Waals surface area (Å²) in [5, 5.41) is 9.10. The molecule has 0 fully saturated rings. The normalized spacial score (nSPS) is 11.2. The van der Waals surface area contributed by atoms with Gasteiger partial charge in [-0.25, -0.2) is 0 Å². The van der Waals surface area contributed by atoms with Gasteiger partial charge in [0, 0.05) is 6.54 Å². The first-order chi connectivity index (χ1) is 9.10. The Labute approximate surface area is 114 Å². The lowest BCUT2D eigenvalue weighted by Crippen LogP contribution is -2.11. The molecular weight excluding hydrogens is 238 g/mol. The zero-order valence-electron chi connectivity index (χ0n) is 12.3. The SMILES string of the molecule is CCc1nn(Cc2cc(C)nn2CC)c(CC)c1N. The summed E-state index contributed by atoms with van der Waals surface area (Å²) in [6, 6.07) is 2.12. The molecule has 0 aliphatic carbocycles. The summed E-state index contributed by atoms with van der Waals surface area (Å²) < 4.78 is 4.05. The molecule has 0 bridgehead atoms. The van der Waals surface area contributed by atoms with Crippen LogP contribution in [0.2, 0.25) is 0 Å². The Kier molecular flexibility index (Phi) is 3.93. The number of nitrogens with zero attached hydrogens (tertiary/aromatic N) is 4. The second-order valence-corrected chi connectivity index (χ2v) is 4.76. The predicted octanol–water partition coefficient (Wildman–Crippen LogP) is 2.16. The largest absolute Gasteiger partial charge is 0.396 e. The van der Waals surface area contributed by atoms with Gasteiger partial charge in [0.1, 0.15) is 0 Å². The Morgan fingerprint density at radius 2 is 1.84 bits per heavy atom. The van der Waals surface area contributed by atoms with Crippen molar-refractivity contribution < 1.29 is 0 Å². The maximum Gasteiger partial charge on any atom is 0.0854 e. The van der Waals surface area contributed by atoms with Crippen LogP contribution in [0.5, 0.6) is 0 Å². The van der Waals surface area contributed by atoms with Crippen molar-refractivity contribution >= 4 is 5.69 Å². The first-order valence-corrected chi connectivity index (χ1v) is 6.97. The Morgan fingerprint density at radius 3 is 2.42 bits per heavy atom. The van der Waals surface area contributed by atoms with Crippen molar-refractivity contribution in [1.82, 2.24) is 19.6 Å². The molecule has 2 rings (SSSR count). The summed E-state index contributed by atoms with van der Waals surface area (Å²) in [6.45, 7) is 9.94. The van der Waals surface area contributed by atoms with Crippen LogP contribution in [0.25, 0.3) is 0 Å². The molecule has 0 radical (unpaired) electrons. The maximum atomic E-state index is 6.15. The van der Waals surface area contributed by atoms with Gasteiger partial charge in [-0.05, 0) is 32.8 Å². The number of anilines is 1. The molecule has 2 aromatic heterocycles. The average Bonchev–Trinajstić information content (AvgIpc) is 2.90. The number of aryl methyl sites for hydroxylation is 3. The highest BCUT2D eigenvalue weighted by atomic mass is 15.3. The van der Waals surface area contributed by atoms with Gasteiger partial charge in [0.2, 0.25) is 0 Å². The molecule has 0 saturated carbocycles. The van der Waals surface area contributed by atoms with E-state index in [1.165, 1.54) is 5.69 Å². The minimum atomic E-state index is 0.738. The molecule has 2 aromatic rings. The Balaban J connectivity index is 2.37. The van der Waals surface area contributed by atoms with Crippen molar-refractivity contribution in [3.63, 3.8) is 0 Å². The topological polar surface area (TPSA) is 61.7 Å². The van der Waals surface area contributed by atoms with Crippen LogP contribution in [0.15, 0.2) is 6.07 Å². The van der Waals surface area contributed by atoms with E-state index >= 15 is 0 Å². The number of nitrogen functional groups attached to an aromatic ring is 1. The van der Waals surface area contributed by atoms with Gasteiger partial charge >= 0.3 is 0 Å². The molecule has 2 N–H and O–H groups in total. The molecule has 0 aliphatic rings. The zero-order valence-corrected chi connectivity index (χ0v) is 12.3. The second kappa shape index (κ2) is 5.47. The van der Waals surface area contributed by atoms with Crippen LogP contribution in [-0.4, -0.2) is 19.6 Å². The quantitative estimate of drug-likeness (QED) is 0.897. The fourth-order valence-electron chi connectivity index (χ4n) is 2.48. The molecule has 0 aliphatic heterocycles. The molecule has 2 heterocycles. The van der Waals surface area contributed by atoms with E-state index in [4.69, 9.17) is 5.73 Å². The highest BCUT2D eigenvalue weighted by Gasteiger charge is 2.14. The lowest BCUT2D eigenvalue weighted by Gasteiger charge is -2.08. The third-order valence-corrected chi connectivity index (χ3v) is 3.44.